The van der Waals surface area contributed by atoms with E-state index in [9.17, 15) is 14.4 Å². The molecule has 3 amide bonds. The summed E-state index contributed by atoms with van der Waals surface area (Å²) in [6, 6.07) is 11.1. The second-order valence-electron chi connectivity index (χ2n) is 5.36. The zero-order valence-corrected chi connectivity index (χ0v) is 13.0. The van der Waals surface area contributed by atoms with Crippen LogP contribution in [-0.4, -0.2) is 29.8 Å². The van der Waals surface area contributed by atoms with Gasteiger partial charge in [0.15, 0.2) is 0 Å². The van der Waals surface area contributed by atoms with Crippen LogP contribution in [0.3, 0.4) is 0 Å². The highest BCUT2D eigenvalue weighted by molar-refractivity contribution is 6.13. The first-order valence-electron chi connectivity index (χ1n) is 7.29. The highest BCUT2D eigenvalue weighted by Crippen LogP contribution is 2.18. The molecule has 0 radical (unpaired) electrons. The van der Waals surface area contributed by atoms with Crippen molar-refractivity contribution in [3.63, 3.8) is 0 Å². The van der Waals surface area contributed by atoms with Crippen molar-refractivity contribution < 1.29 is 14.4 Å². The number of rotatable bonds is 4. The van der Waals surface area contributed by atoms with E-state index in [-0.39, 0.29) is 0 Å². The fourth-order valence-electron chi connectivity index (χ4n) is 2.12. The molecule has 2 aromatic carbocycles. The molecule has 23 heavy (non-hydrogen) atoms. The number of benzene rings is 2. The number of carbonyl (C=O) groups excluding carboxylic acids is 3. The van der Waals surface area contributed by atoms with Crippen LogP contribution in [0.4, 0.5) is 0 Å². The average molecular weight is 313 g/mol. The lowest BCUT2D eigenvalue weighted by molar-refractivity contribution is -0.128. The lowest BCUT2D eigenvalue weighted by atomic mass is 10.0. The van der Waals surface area contributed by atoms with Gasteiger partial charge in [0.1, 0.15) is 6.04 Å². The summed E-state index contributed by atoms with van der Waals surface area (Å²) in [5, 5.41) is 6.41. The van der Waals surface area contributed by atoms with Crippen LogP contribution in [0.1, 0.15) is 24.2 Å². The molecule has 0 unspecified atom stereocenters. The van der Waals surface area contributed by atoms with Gasteiger partial charge in [-0.15, -0.1) is 0 Å². The third-order valence-electron chi connectivity index (χ3n) is 3.44. The molecule has 2 rings (SSSR count). The topological polar surface area (TPSA) is 101 Å². The minimum Gasteiger partial charge on any atom is -0.343 e. The summed E-state index contributed by atoms with van der Waals surface area (Å²) in [6.07, 6.45) is 0. The summed E-state index contributed by atoms with van der Waals surface area (Å²) in [7, 11) is 0. The largest absolute Gasteiger partial charge is 0.343 e. The Bertz CT molecular complexity index is 750. The molecule has 120 valence electrons. The fourth-order valence-corrected chi connectivity index (χ4v) is 2.12. The molecule has 0 aliphatic rings. The van der Waals surface area contributed by atoms with Crippen LogP contribution in [0.2, 0.25) is 0 Å². The Balaban J connectivity index is 2.12. The molecule has 0 spiro atoms. The number of hydrogen-bond acceptors (Lipinski definition) is 4. The van der Waals surface area contributed by atoms with Gasteiger partial charge in [0, 0.05) is 5.56 Å². The van der Waals surface area contributed by atoms with Gasteiger partial charge in [0.2, 0.25) is 11.8 Å². The van der Waals surface area contributed by atoms with Crippen LogP contribution in [0.25, 0.3) is 10.8 Å². The molecule has 0 bridgehead atoms. The standard InChI is InChI=1S/C17H19N3O3/c1-10(18)15(21)19-11(2)16(22)20-17(23)14-9-5-7-12-6-3-4-8-13(12)14/h3-11H,18H2,1-2H3,(H,19,21)(H,20,22,23)/t10-,11-/m1/s1. The van der Waals surface area contributed by atoms with Crippen LogP contribution in [0.15, 0.2) is 42.5 Å². The van der Waals surface area contributed by atoms with Gasteiger partial charge < -0.3 is 11.1 Å². The van der Waals surface area contributed by atoms with Crippen LogP contribution >= 0.6 is 0 Å². The highest BCUT2D eigenvalue weighted by atomic mass is 16.2. The normalized spacial score (nSPS) is 13.2. The molecule has 0 aliphatic heterocycles. The number of amides is 3. The summed E-state index contributed by atoms with van der Waals surface area (Å²) in [4.78, 5) is 35.8. The van der Waals surface area contributed by atoms with E-state index in [2.05, 4.69) is 10.6 Å². The number of imide groups is 1. The van der Waals surface area contributed by atoms with E-state index in [1.807, 2.05) is 30.3 Å². The van der Waals surface area contributed by atoms with Gasteiger partial charge in [-0.3, -0.25) is 19.7 Å². The predicted octanol–water partition coefficient (Wildman–Crippen LogP) is 0.948. The van der Waals surface area contributed by atoms with Gasteiger partial charge in [0.25, 0.3) is 5.91 Å². The maximum absolute atomic E-state index is 12.3. The summed E-state index contributed by atoms with van der Waals surface area (Å²) in [6.45, 7) is 3.01. The third-order valence-corrected chi connectivity index (χ3v) is 3.44. The first-order chi connectivity index (χ1) is 10.9. The van der Waals surface area contributed by atoms with Crippen molar-refractivity contribution in [2.24, 2.45) is 5.73 Å². The number of hydrogen-bond donors (Lipinski definition) is 3. The molecule has 4 N–H and O–H groups in total. The number of nitrogens with one attached hydrogen (secondary N) is 2. The van der Waals surface area contributed by atoms with Crippen LogP contribution in [-0.2, 0) is 9.59 Å². The highest BCUT2D eigenvalue weighted by Gasteiger charge is 2.20. The molecule has 0 heterocycles. The lowest BCUT2D eigenvalue weighted by Crippen LogP contribution is -2.50. The van der Waals surface area contributed by atoms with E-state index in [0.717, 1.165) is 10.8 Å². The molecule has 0 aromatic heterocycles. The Hall–Kier alpha value is -2.73. The van der Waals surface area contributed by atoms with Crippen LogP contribution < -0.4 is 16.4 Å². The van der Waals surface area contributed by atoms with Gasteiger partial charge in [-0.25, -0.2) is 0 Å². The second kappa shape index (κ2) is 7.02. The van der Waals surface area contributed by atoms with E-state index < -0.39 is 29.8 Å². The van der Waals surface area contributed by atoms with Crippen molar-refractivity contribution in [3.05, 3.63) is 48.0 Å². The van der Waals surface area contributed by atoms with Gasteiger partial charge in [-0.05, 0) is 30.7 Å². The number of nitrogens with two attached hydrogens (primary N) is 1. The molecule has 2 aromatic rings. The molecule has 6 nitrogen and oxygen atoms in total. The molecule has 2 atom stereocenters. The Morgan fingerprint density at radius 3 is 2.30 bits per heavy atom. The van der Waals surface area contributed by atoms with Crippen molar-refractivity contribution in [3.8, 4) is 0 Å². The van der Waals surface area contributed by atoms with Gasteiger partial charge >= 0.3 is 0 Å². The van der Waals surface area contributed by atoms with E-state index >= 15 is 0 Å². The first kappa shape index (κ1) is 16.6. The fraction of sp³-hybridized carbons (Fsp3) is 0.235. The Kier molecular flexibility index (Phi) is 5.08. The zero-order valence-electron chi connectivity index (χ0n) is 13.0. The molecule has 0 saturated carbocycles. The van der Waals surface area contributed by atoms with Crippen molar-refractivity contribution in [1.29, 1.82) is 0 Å². The molecular formula is C17H19N3O3. The predicted molar refractivity (Wildman–Crippen MR) is 87.7 cm³/mol. The van der Waals surface area contributed by atoms with Gasteiger partial charge in [-0.1, -0.05) is 36.4 Å². The quantitative estimate of drug-likeness (QED) is 0.782. The van der Waals surface area contributed by atoms with Crippen molar-refractivity contribution in [2.45, 2.75) is 25.9 Å². The average Bonchev–Trinajstić information content (AvgIpc) is 2.53. The smallest absolute Gasteiger partial charge is 0.258 e. The molecule has 0 saturated heterocycles. The Labute approximate surface area is 134 Å². The minimum absolute atomic E-state index is 0.405. The SMILES string of the molecule is C[C@@H](N)C(=O)N[C@H](C)C(=O)NC(=O)c1cccc2ccccc12. The summed E-state index contributed by atoms with van der Waals surface area (Å²) in [5.41, 5.74) is 5.83. The van der Waals surface area contributed by atoms with Crippen molar-refractivity contribution in [2.75, 3.05) is 0 Å². The van der Waals surface area contributed by atoms with E-state index in [1.54, 1.807) is 12.1 Å². The van der Waals surface area contributed by atoms with Crippen LogP contribution in [0.5, 0.6) is 0 Å². The van der Waals surface area contributed by atoms with E-state index in [0.29, 0.717) is 5.56 Å². The summed E-state index contributed by atoms with van der Waals surface area (Å²) in [5.74, 6) is -1.55. The molecule has 0 aliphatic carbocycles. The summed E-state index contributed by atoms with van der Waals surface area (Å²) < 4.78 is 0. The Morgan fingerprint density at radius 1 is 0.957 bits per heavy atom. The second-order valence-corrected chi connectivity index (χ2v) is 5.36. The maximum Gasteiger partial charge on any atom is 0.258 e. The first-order valence-corrected chi connectivity index (χ1v) is 7.29. The number of carbonyl (C=O) groups is 3. The number of fused-ring (bicyclic) bond motifs is 1. The maximum atomic E-state index is 12.3. The minimum atomic E-state index is -0.854. The van der Waals surface area contributed by atoms with Crippen LogP contribution in [0, 0.1) is 0 Å². The molecule has 6 heteroatoms. The molecular weight excluding hydrogens is 294 g/mol. The van der Waals surface area contributed by atoms with Crippen molar-refractivity contribution >= 4 is 28.5 Å². The molecule has 0 fully saturated rings. The third kappa shape index (κ3) is 3.92. The van der Waals surface area contributed by atoms with E-state index in [1.165, 1.54) is 13.8 Å². The van der Waals surface area contributed by atoms with Gasteiger partial charge in [0.05, 0.1) is 6.04 Å². The van der Waals surface area contributed by atoms with Gasteiger partial charge in [-0.2, -0.15) is 0 Å². The van der Waals surface area contributed by atoms with Crippen molar-refractivity contribution in [1.82, 2.24) is 10.6 Å². The van der Waals surface area contributed by atoms with E-state index in [4.69, 9.17) is 5.73 Å². The lowest BCUT2D eigenvalue weighted by Gasteiger charge is -2.15. The monoisotopic (exact) mass is 313 g/mol. The zero-order chi connectivity index (χ0) is 17.0. The summed E-state index contributed by atoms with van der Waals surface area (Å²) >= 11 is 0. The Morgan fingerprint density at radius 2 is 1.61 bits per heavy atom.